The zero-order chi connectivity index (χ0) is 17.5. The van der Waals surface area contributed by atoms with Crippen molar-refractivity contribution in [2.75, 3.05) is 7.11 Å². The number of amides is 1. The Morgan fingerprint density at radius 3 is 2.62 bits per heavy atom. The second-order valence-electron chi connectivity index (χ2n) is 4.79. The minimum atomic E-state index is -0.395. The van der Waals surface area contributed by atoms with Crippen molar-refractivity contribution in [3.63, 3.8) is 0 Å². The molecular weight excluding hydrogens is 351 g/mol. The first kappa shape index (κ1) is 18.1. The van der Waals surface area contributed by atoms with E-state index in [2.05, 4.69) is 0 Å². The van der Waals surface area contributed by atoms with Gasteiger partial charge in [0.05, 0.1) is 17.2 Å². The van der Waals surface area contributed by atoms with Crippen molar-refractivity contribution in [2.24, 2.45) is 5.84 Å². The molecule has 0 radical (unpaired) electrons. The molecule has 0 saturated heterocycles. The number of benzene rings is 2. The number of hydrazine groups is 1. The molecule has 2 aromatic rings. The summed E-state index contributed by atoms with van der Waals surface area (Å²) in [6.07, 6.45) is 2.94. The first-order valence-corrected chi connectivity index (χ1v) is 7.72. The largest absolute Gasteiger partial charge is 0.493 e. The minimum absolute atomic E-state index is 0.317. The molecule has 0 aliphatic heterocycles. The second-order valence-corrected chi connectivity index (χ2v) is 5.60. The molecular formula is C17H16Cl2N2O3. The van der Waals surface area contributed by atoms with Crippen LogP contribution in [-0.4, -0.2) is 13.0 Å². The molecule has 0 aliphatic rings. The Morgan fingerprint density at radius 2 is 1.96 bits per heavy atom. The third-order valence-electron chi connectivity index (χ3n) is 3.14. The fourth-order valence-corrected chi connectivity index (χ4v) is 2.24. The lowest BCUT2D eigenvalue weighted by Crippen LogP contribution is -2.27. The van der Waals surface area contributed by atoms with E-state index in [-0.39, 0.29) is 0 Å². The topological polar surface area (TPSA) is 73.6 Å². The number of hydrogen-bond donors (Lipinski definition) is 2. The molecule has 24 heavy (non-hydrogen) atoms. The van der Waals surface area contributed by atoms with Crippen LogP contribution in [0.2, 0.25) is 10.0 Å². The fraction of sp³-hybridized carbons (Fsp3) is 0.118. The quantitative estimate of drug-likeness (QED) is 0.354. The number of nitrogens with one attached hydrogen (secondary N) is 1. The van der Waals surface area contributed by atoms with Gasteiger partial charge >= 0.3 is 0 Å². The molecule has 7 heteroatoms. The van der Waals surface area contributed by atoms with Crippen LogP contribution in [0.5, 0.6) is 11.5 Å². The summed E-state index contributed by atoms with van der Waals surface area (Å²) >= 11 is 11.9. The highest BCUT2D eigenvalue weighted by atomic mass is 35.5. The molecule has 1 amide bonds. The van der Waals surface area contributed by atoms with Gasteiger partial charge in [-0.3, -0.25) is 10.2 Å². The maximum absolute atomic E-state index is 11.1. The average Bonchev–Trinajstić information content (AvgIpc) is 2.60. The van der Waals surface area contributed by atoms with Gasteiger partial charge in [-0.15, -0.1) is 0 Å². The zero-order valence-corrected chi connectivity index (χ0v) is 14.4. The number of nitrogens with two attached hydrogens (primary N) is 1. The normalized spacial score (nSPS) is 10.7. The molecule has 0 aliphatic carbocycles. The molecule has 2 aromatic carbocycles. The number of halogens is 2. The lowest BCUT2D eigenvalue weighted by molar-refractivity contribution is -0.116. The summed E-state index contributed by atoms with van der Waals surface area (Å²) in [4.78, 5) is 11.1. The van der Waals surface area contributed by atoms with Crippen molar-refractivity contribution < 1.29 is 14.3 Å². The molecule has 0 saturated carbocycles. The van der Waals surface area contributed by atoms with Crippen LogP contribution in [0.4, 0.5) is 0 Å². The molecule has 0 aromatic heterocycles. The Bertz CT molecular complexity index is 763. The molecule has 126 valence electrons. The molecule has 3 N–H and O–H groups in total. The molecule has 0 atom stereocenters. The Morgan fingerprint density at radius 1 is 1.17 bits per heavy atom. The third-order valence-corrected chi connectivity index (χ3v) is 3.87. The molecule has 2 rings (SSSR count). The van der Waals surface area contributed by atoms with Crippen LogP contribution in [0.25, 0.3) is 6.08 Å². The first-order chi connectivity index (χ1) is 11.5. The summed E-state index contributed by atoms with van der Waals surface area (Å²) in [5, 5.41) is 0.971. The van der Waals surface area contributed by atoms with Crippen LogP contribution in [0.3, 0.4) is 0 Å². The van der Waals surface area contributed by atoms with E-state index in [9.17, 15) is 4.79 Å². The number of carbonyl (C=O) groups is 1. The van der Waals surface area contributed by atoms with E-state index in [0.29, 0.717) is 28.2 Å². The van der Waals surface area contributed by atoms with Gasteiger partial charge in [-0.1, -0.05) is 35.3 Å². The molecule has 0 bridgehead atoms. The van der Waals surface area contributed by atoms with Gasteiger partial charge in [-0.05, 0) is 41.5 Å². The molecule has 0 unspecified atom stereocenters. The van der Waals surface area contributed by atoms with Crippen LogP contribution < -0.4 is 20.7 Å². The minimum Gasteiger partial charge on any atom is -0.493 e. The summed E-state index contributed by atoms with van der Waals surface area (Å²) in [5.41, 5.74) is 3.68. The van der Waals surface area contributed by atoms with Crippen LogP contribution in [-0.2, 0) is 11.4 Å². The summed E-state index contributed by atoms with van der Waals surface area (Å²) in [6, 6.07) is 10.6. The van der Waals surface area contributed by atoms with E-state index in [1.54, 1.807) is 43.5 Å². The SMILES string of the molecule is COc1cc(/C=C/C(=O)NN)ccc1OCc1ccc(Cl)c(Cl)c1. The van der Waals surface area contributed by atoms with E-state index >= 15 is 0 Å². The van der Waals surface area contributed by atoms with E-state index in [0.717, 1.165) is 11.1 Å². The Hall–Kier alpha value is -2.21. The molecule has 0 fully saturated rings. The fourth-order valence-electron chi connectivity index (χ4n) is 1.92. The van der Waals surface area contributed by atoms with Gasteiger partial charge in [-0.2, -0.15) is 0 Å². The number of carbonyl (C=O) groups excluding carboxylic acids is 1. The van der Waals surface area contributed by atoms with Crippen molar-refractivity contribution in [1.29, 1.82) is 0 Å². The van der Waals surface area contributed by atoms with Gasteiger partial charge in [0.25, 0.3) is 5.91 Å². The molecule has 0 heterocycles. The van der Waals surface area contributed by atoms with Crippen molar-refractivity contribution in [2.45, 2.75) is 6.61 Å². The smallest absolute Gasteiger partial charge is 0.257 e. The maximum Gasteiger partial charge on any atom is 0.257 e. The summed E-state index contributed by atoms with van der Waals surface area (Å²) in [7, 11) is 1.54. The van der Waals surface area contributed by atoms with Gasteiger partial charge in [0.15, 0.2) is 11.5 Å². The highest BCUT2D eigenvalue weighted by Gasteiger charge is 2.07. The third kappa shape index (κ3) is 4.89. The van der Waals surface area contributed by atoms with Crippen molar-refractivity contribution in [3.05, 3.63) is 63.6 Å². The monoisotopic (exact) mass is 366 g/mol. The van der Waals surface area contributed by atoms with Crippen LogP contribution in [0, 0.1) is 0 Å². The van der Waals surface area contributed by atoms with Gasteiger partial charge in [0.1, 0.15) is 6.61 Å². The van der Waals surface area contributed by atoms with E-state index in [1.807, 2.05) is 11.5 Å². The lowest BCUT2D eigenvalue weighted by Gasteiger charge is -2.12. The van der Waals surface area contributed by atoms with Crippen molar-refractivity contribution in [1.82, 2.24) is 5.43 Å². The van der Waals surface area contributed by atoms with Gasteiger partial charge < -0.3 is 9.47 Å². The second kappa shape index (κ2) is 8.59. The number of ether oxygens (including phenoxy) is 2. The van der Waals surface area contributed by atoms with Crippen LogP contribution in [0.15, 0.2) is 42.5 Å². The highest BCUT2D eigenvalue weighted by Crippen LogP contribution is 2.30. The van der Waals surface area contributed by atoms with E-state index < -0.39 is 5.91 Å². The number of rotatable bonds is 6. The van der Waals surface area contributed by atoms with Crippen molar-refractivity contribution >= 4 is 35.2 Å². The number of methoxy groups -OCH3 is 1. The average molecular weight is 367 g/mol. The Balaban J connectivity index is 2.11. The standard InChI is InChI=1S/C17H16Cl2N2O3/c1-23-16-9-11(4-7-17(22)21-20)3-6-15(16)24-10-12-2-5-13(18)14(19)8-12/h2-9H,10,20H2,1H3,(H,21,22)/b7-4+. The first-order valence-electron chi connectivity index (χ1n) is 6.97. The van der Waals surface area contributed by atoms with E-state index in [4.69, 9.17) is 38.5 Å². The number of hydrogen-bond acceptors (Lipinski definition) is 4. The molecule has 5 nitrogen and oxygen atoms in total. The van der Waals surface area contributed by atoms with Gasteiger partial charge in [0, 0.05) is 6.08 Å². The lowest BCUT2D eigenvalue weighted by atomic mass is 10.2. The summed E-state index contributed by atoms with van der Waals surface area (Å²) < 4.78 is 11.1. The predicted octanol–water partition coefficient (Wildman–Crippen LogP) is 3.58. The predicted molar refractivity (Wildman–Crippen MR) is 95.2 cm³/mol. The summed E-state index contributed by atoms with van der Waals surface area (Å²) in [5.74, 6) is 5.74. The Labute approximate surface area is 149 Å². The van der Waals surface area contributed by atoms with Gasteiger partial charge in [0.2, 0.25) is 0 Å². The maximum atomic E-state index is 11.1. The Kier molecular flexibility index (Phi) is 6.49. The van der Waals surface area contributed by atoms with Crippen LogP contribution in [0.1, 0.15) is 11.1 Å². The molecule has 0 spiro atoms. The highest BCUT2D eigenvalue weighted by molar-refractivity contribution is 6.42. The van der Waals surface area contributed by atoms with Crippen molar-refractivity contribution in [3.8, 4) is 11.5 Å². The van der Waals surface area contributed by atoms with E-state index in [1.165, 1.54) is 6.08 Å². The van der Waals surface area contributed by atoms with Crippen LogP contribution >= 0.6 is 23.2 Å². The van der Waals surface area contributed by atoms with Gasteiger partial charge in [-0.25, -0.2) is 5.84 Å². The summed E-state index contributed by atoms with van der Waals surface area (Å²) in [6.45, 7) is 0.317. The zero-order valence-electron chi connectivity index (χ0n) is 12.9.